The predicted molar refractivity (Wildman–Crippen MR) is 52.2 cm³/mol. The first-order valence-electron chi connectivity index (χ1n) is 3.82. The molecule has 0 aliphatic heterocycles. The number of rotatable bonds is 4. The van der Waals surface area contributed by atoms with E-state index < -0.39 is 0 Å². The molecule has 0 aliphatic carbocycles. The van der Waals surface area contributed by atoms with E-state index >= 15 is 0 Å². The lowest BCUT2D eigenvalue weighted by Gasteiger charge is -2.01. The molecular weight excluding hydrogens is 174 g/mol. The van der Waals surface area contributed by atoms with Crippen LogP contribution in [0.15, 0.2) is 30.3 Å². The number of benzene rings is 1. The highest BCUT2D eigenvalue weighted by molar-refractivity contribution is 5.85. The number of nitrogens with one attached hydrogen (secondary N) is 1. The maximum absolute atomic E-state index is 5.12. The SMILES string of the molecule is CCNOCc1ccccc1.Cl. The molecule has 0 spiro atoms. The maximum Gasteiger partial charge on any atom is 0.0932 e. The largest absolute Gasteiger partial charge is 0.297 e. The smallest absolute Gasteiger partial charge is 0.0932 e. The van der Waals surface area contributed by atoms with Crippen molar-refractivity contribution in [2.45, 2.75) is 13.5 Å². The second kappa shape index (κ2) is 7.10. The highest BCUT2D eigenvalue weighted by atomic mass is 35.5. The number of hydrogen-bond acceptors (Lipinski definition) is 2. The van der Waals surface area contributed by atoms with Crippen LogP contribution in [0.5, 0.6) is 0 Å². The Balaban J connectivity index is 0.00000121. The van der Waals surface area contributed by atoms with Gasteiger partial charge in [-0.1, -0.05) is 37.3 Å². The zero-order valence-electron chi connectivity index (χ0n) is 7.12. The van der Waals surface area contributed by atoms with Gasteiger partial charge in [-0.15, -0.1) is 12.4 Å². The topological polar surface area (TPSA) is 21.3 Å². The van der Waals surface area contributed by atoms with Crippen LogP contribution in [0, 0.1) is 0 Å². The first-order chi connectivity index (χ1) is 5.43. The third-order valence-corrected chi connectivity index (χ3v) is 1.33. The second-order valence-corrected chi connectivity index (χ2v) is 2.27. The number of hydrogen-bond donors (Lipinski definition) is 1. The molecule has 68 valence electrons. The maximum atomic E-state index is 5.12. The van der Waals surface area contributed by atoms with E-state index in [0.29, 0.717) is 6.61 Å². The minimum absolute atomic E-state index is 0. The fourth-order valence-corrected chi connectivity index (χ4v) is 0.811. The van der Waals surface area contributed by atoms with Crippen molar-refractivity contribution in [2.75, 3.05) is 6.54 Å². The van der Waals surface area contributed by atoms with Crippen LogP contribution in [0.1, 0.15) is 12.5 Å². The van der Waals surface area contributed by atoms with Crippen molar-refractivity contribution < 1.29 is 4.84 Å². The Hall–Kier alpha value is -0.570. The molecule has 12 heavy (non-hydrogen) atoms. The second-order valence-electron chi connectivity index (χ2n) is 2.27. The summed E-state index contributed by atoms with van der Waals surface area (Å²) in [4.78, 5) is 5.12. The molecule has 0 saturated heterocycles. The van der Waals surface area contributed by atoms with Gasteiger partial charge in [-0.25, -0.2) is 5.48 Å². The Labute approximate surface area is 79.3 Å². The van der Waals surface area contributed by atoms with Crippen molar-refractivity contribution in [1.82, 2.24) is 5.48 Å². The van der Waals surface area contributed by atoms with Crippen LogP contribution in [-0.2, 0) is 11.4 Å². The molecule has 0 atom stereocenters. The number of hydroxylamine groups is 1. The highest BCUT2D eigenvalue weighted by Gasteiger charge is 1.88. The van der Waals surface area contributed by atoms with Crippen molar-refractivity contribution in [3.05, 3.63) is 35.9 Å². The van der Waals surface area contributed by atoms with Gasteiger partial charge in [0.05, 0.1) is 6.61 Å². The summed E-state index contributed by atoms with van der Waals surface area (Å²) in [5.74, 6) is 0. The van der Waals surface area contributed by atoms with E-state index in [0.717, 1.165) is 6.54 Å². The van der Waals surface area contributed by atoms with Gasteiger partial charge in [-0.3, -0.25) is 4.84 Å². The minimum atomic E-state index is 0. The van der Waals surface area contributed by atoms with E-state index in [-0.39, 0.29) is 12.4 Å². The summed E-state index contributed by atoms with van der Waals surface area (Å²) in [5.41, 5.74) is 3.99. The zero-order valence-corrected chi connectivity index (χ0v) is 7.93. The fraction of sp³-hybridized carbons (Fsp3) is 0.333. The molecule has 0 saturated carbocycles. The molecule has 0 fully saturated rings. The average molecular weight is 188 g/mol. The van der Waals surface area contributed by atoms with E-state index in [2.05, 4.69) is 5.48 Å². The van der Waals surface area contributed by atoms with Gasteiger partial charge in [0, 0.05) is 6.54 Å². The highest BCUT2D eigenvalue weighted by Crippen LogP contribution is 1.98. The Morgan fingerprint density at radius 2 is 1.92 bits per heavy atom. The summed E-state index contributed by atoms with van der Waals surface area (Å²) in [7, 11) is 0. The Morgan fingerprint density at radius 3 is 2.50 bits per heavy atom. The molecule has 0 heterocycles. The molecule has 0 unspecified atom stereocenters. The monoisotopic (exact) mass is 187 g/mol. The lowest BCUT2D eigenvalue weighted by molar-refractivity contribution is 0.0314. The predicted octanol–water partition coefficient (Wildman–Crippen LogP) is 2.15. The molecular formula is C9H14ClNO. The van der Waals surface area contributed by atoms with E-state index in [1.54, 1.807) is 0 Å². The summed E-state index contributed by atoms with van der Waals surface area (Å²) in [6.07, 6.45) is 0. The van der Waals surface area contributed by atoms with Gasteiger partial charge >= 0.3 is 0 Å². The first kappa shape index (κ1) is 11.4. The molecule has 0 radical (unpaired) electrons. The van der Waals surface area contributed by atoms with E-state index in [9.17, 15) is 0 Å². The van der Waals surface area contributed by atoms with Gasteiger partial charge in [0.25, 0.3) is 0 Å². The van der Waals surface area contributed by atoms with Crippen molar-refractivity contribution in [2.24, 2.45) is 0 Å². The zero-order chi connectivity index (χ0) is 7.94. The third kappa shape index (κ3) is 4.34. The molecule has 0 amide bonds. The normalized spacial score (nSPS) is 9.08. The van der Waals surface area contributed by atoms with Gasteiger partial charge in [0.1, 0.15) is 0 Å². The summed E-state index contributed by atoms with van der Waals surface area (Å²) >= 11 is 0. The van der Waals surface area contributed by atoms with Crippen molar-refractivity contribution >= 4 is 12.4 Å². The fourth-order valence-electron chi connectivity index (χ4n) is 0.811. The van der Waals surface area contributed by atoms with Crippen LogP contribution in [-0.4, -0.2) is 6.54 Å². The quantitative estimate of drug-likeness (QED) is 0.576. The minimum Gasteiger partial charge on any atom is -0.297 e. The molecule has 0 bridgehead atoms. The van der Waals surface area contributed by atoms with Crippen LogP contribution in [0.2, 0.25) is 0 Å². The first-order valence-corrected chi connectivity index (χ1v) is 3.82. The number of halogens is 1. The van der Waals surface area contributed by atoms with Crippen molar-refractivity contribution in [3.63, 3.8) is 0 Å². The van der Waals surface area contributed by atoms with E-state index in [1.807, 2.05) is 37.3 Å². The molecule has 3 heteroatoms. The standard InChI is InChI=1S/C9H13NO.ClH/c1-2-10-11-8-9-6-4-3-5-7-9;/h3-7,10H,2,8H2,1H3;1H. The Bertz CT molecular complexity index is 191. The summed E-state index contributed by atoms with van der Waals surface area (Å²) < 4.78 is 0. The van der Waals surface area contributed by atoms with Crippen LogP contribution in [0.25, 0.3) is 0 Å². The van der Waals surface area contributed by atoms with Gasteiger partial charge in [0.2, 0.25) is 0 Å². The lowest BCUT2D eigenvalue weighted by atomic mass is 10.2. The van der Waals surface area contributed by atoms with Crippen LogP contribution < -0.4 is 5.48 Å². The summed E-state index contributed by atoms with van der Waals surface area (Å²) in [6.45, 7) is 3.48. The van der Waals surface area contributed by atoms with Gasteiger partial charge in [-0.05, 0) is 5.56 Å². The van der Waals surface area contributed by atoms with E-state index in [4.69, 9.17) is 4.84 Å². The van der Waals surface area contributed by atoms with Gasteiger partial charge in [-0.2, -0.15) is 0 Å². The van der Waals surface area contributed by atoms with Crippen LogP contribution in [0.3, 0.4) is 0 Å². The van der Waals surface area contributed by atoms with Gasteiger partial charge in [0.15, 0.2) is 0 Å². The molecule has 1 rings (SSSR count). The average Bonchev–Trinajstić information content (AvgIpc) is 2.07. The summed E-state index contributed by atoms with van der Waals surface area (Å²) in [5, 5.41) is 0. The van der Waals surface area contributed by atoms with Crippen LogP contribution in [0.4, 0.5) is 0 Å². The lowest BCUT2D eigenvalue weighted by Crippen LogP contribution is -2.12. The van der Waals surface area contributed by atoms with Crippen LogP contribution >= 0.6 is 12.4 Å². The molecule has 1 aromatic carbocycles. The molecule has 2 nitrogen and oxygen atoms in total. The molecule has 1 N–H and O–H groups in total. The molecule has 1 aromatic rings. The molecule has 0 aromatic heterocycles. The van der Waals surface area contributed by atoms with Gasteiger partial charge < -0.3 is 0 Å². The van der Waals surface area contributed by atoms with Crippen molar-refractivity contribution in [1.29, 1.82) is 0 Å². The Morgan fingerprint density at radius 1 is 1.25 bits per heavy atom. The molecule has 0 aliphatic rings. The van der Waals surface area contributed by atoms with Crippen molar-refractivity contribution in [3.8, 4) is 0 Å². The van der Waals surface area contributed by atoms with E-state index in [1.165, 1.54) is 5.56 Å². The third-order valence-electron chi connectivity index (χ3n) is 1.33. The summed E-state index contributed by atoms with van der Waals surface area (Å²) in [6, 6.07) is 10.1. The Kier molecular flexibility index (Phi) is 6.76.